The summed E-state index contributed by atoms with van der Waals surface area (Å²) < 4.78 is 7.21. The highest BCUT2D eigenvalue weighted by Crippen LogP contribution is 2.29. The highest BCUT2D eigenvalue weighted by molar-refractivity contribution is 5.92. The lowest BCUT2D eigenvalue weighted by Gasteiger charge is -2.00. The average Bonchev–Trinajstić information content (AvgIpc) is 3.10. The minimum Gasteiger partial charge on any atom is -0.464 e. The maximum Gasteiger partial charge on any atom is 0.177 e. The lowest BCUT2D eigenvalue weighted by atomic mass is 10.1. The topological polar surface area (TPSA) is 82.2 Å². The Hall–Kier alpha value is -2.73. The summed E-state index contributed by atoms with van der Waals surface area (Å²) in [5, 5.41) is 13.6. The summed E-state index contributed by atoms with van der Waals surface area (Å²) in [6.45, 7) is 0.295. The van der Waals surface area contributed by atoms with Crippen LogP contribution >= 0.6 is 0 Å². The van der Waals surface area contributed by atoms with Gasteiger partial charge in [0.1, 0.15) is 11.8 Å². The standard InChI is InChI=1S/C14H11N5O/c15-7-14-17-16-13-6-5-11(18-19(13)14)10-8-20-12-4-2-1-3-9(10)12/h1-6,8H,7,15H2. The van der Waals surface area contributed by atoms with E-state index in [4.69, 9.17) is 10.2 Å². The molecule has 20 heavy (non-hydrogen) atoms. The third-order valence-electron chi connectivity index (χ3n) is 3.27. The first-order valence-corrected chi connectivity index (χ1v) is 6.25. The number of nitrogens with zero attached hydrogens (tertiary/aromatic N) is 4. The van der Waals surface area contributed by atoms with Crippen LogP contribution in [0.4, 0.5) is 0 Å². The van der Waals surface area contributed by atoms with Gasteiger partial charge in [0.05, 0.1) is 12.2 Å². The van der Waals surface area contributed by atoms with Crippen LogP contribution in [0.3, 0.4) is 0 Å². The number of hydrogen-bond donors (Lipinski definition) is 1. The van der Waals surface area contributed by atoms with Crippen molar-refractivity contribution in [2.45, 2.75) is 6.54 Å². The number of para-hydroxylation sites is 1. The molecule has 2 N–H and O–H groups in total. The molecule has 4 aromatic rings. The average molecular weight is 265 g/mol. The lowest BCUT2D eigenvalue weighted by molar-refractivity contribution is 0.616. The molecule has 0 aliphatic carbocycles. The van der Waals surface area contributed by atoms with E-state index in [1.165, 1.54) is 0 Å². The Balaban J connectivity index is 1.97. The number of fused-ring (bicyclic) bond motifs is 2. The van der Waals surface area contributed by atoms with Crippen molar-refractivity contribution in [1.29, 1.82) is 0 Å². The second kappa shape index (κ2) is 4.14. The molecule has 0 amide bonds. The highest BCUT2D eigenvalue weighted by Gasteiger charge is 2.11. The summed E-state index contributed by atoms with van der Waals surface area (Å²) in [7, 11) is 0. The zero-order valence-corrected chi connectivity index (χ0v) is 10.5. The van der Waals surface area contributed by atoms with E-state index < -0.39 is 0 Å². The molecule has 0 radical (unpaired) electrons. The van der Waals surface area contributed by atoms with E-state index in [1.807, 2.05) is 36.4 Å². The van der Waals surface area contributed by atoms with Crippen LogP contribution < -0.4 is 5.73 Å². The van der Waals surface area contributed by atoms with Gasteiger partial charge in [-0.05, 0) is 18.2 Å². The predicted molar refractivity (Wildman–Crippen MR) is 73.9 cm³/mol. The van der Waals surface area contributed by atoms with E-state index in [2.05, 4.69) is 15.3 Å². The number of nitrogens with two attached hydrogens (primary N) is 1. The largest absolute Gasteiger partial charge is 0.464 e. The maximum atomic E-state index is 5.64. The second-order valence-corrected chi connectivity index (χ2v) is 4.45. The summed E-state index contributed by atoms with van der Waals surface area (Å²) >= 11 is 0. The first-order valence-electron chi connectivity index (χ1n) is 6.25. The first kappa shape index (κ1) is 11.1. The predicted octanol–water partition coefficient (Wildman–Crippen LogP) is 2.00. The molecular formula is C14H11N5O. The van der Waals surface area contributed by atoms with Crippen LogP contribution in [0.2, 0.25) is 0 Å². The summed E-state index contributed by atoms with van der Waals surface area (Å²) in [5.74, 6) is 0.634. The van der Waals surface area contributed by atoms with Crippen molar-refractivity contribution >= 4 is 16.6 Å². The molecule has 0 saturated carbocycles. The lowest BCUT2D eigenvalue weighted by Crippen LogP contribution is -2.05. The van der Waals surface area contributed by atoms with E-state index in [1.54, 1.807) is 10.8 Å². The van der Waals surface area contributed by atoms with E-state index in [-0.39, 0.29) is 0 Å². The summed E-state index contributed by atoms with van der Waals surface area (Å²) in [6.07, 6.45) is 1.71. The fourth-order valence-corrected chi connectivity index (χ4v) is 2.28. The maximum absolute atomic E-state index is 5.64. The Labute approximate surface area is 113 Å². The minimum absolute atomic E-state index is 0.295. The SMILES string of the molecule is NCc1nnc2ccc(-c3coc4ccccc34)nn12. The van der Waals surface area contributed by atoms with Crippen LogP contribution in [-0.2, 0) is 6.54 Å². The van der Waals surface area contributed by atoms with Crippen LogP contribution in [0, 0.1) is 0 Å². The number of hydrogen-bond acceptors (Lipinski definition) is 5. The third-order valence-corrected chi connectivity index (χ3v) is 3.27. The van der Waals surface area contributed by atoms with Crippen LogP contribution in [0.1, 0.15) is 5.82 Å². The van der Waals surface area contributed by atoms with Crippen LogP contribution in [-0.4, -0.2) is 19.8 Å². The van der Waals surface area contributed by atoms with Crippen molar-refractivity contribution in [3.05, 3.63) is 48.5 Å². The number of benzene rings is 1. The molecule has 0 fully saturated rings. The first-order chi connectivity index (χ1) is 9.86. The van der Waals surface area contributed by atoms with Gasteiger partial charge in [0, 0.05) is 10.9 Å². The zero-order valence-electron chi connectivity index (χ0n) is 10.5. The molecule has 1 aromatic carbocycles. The van der Waals surface area contributed by atoms with Crippen LogP contribution in [0.25, 0.3) is 27.9 Å². The molecule has 3 aromatic heterocycles. The molecule has 0 bridgehead atoms. The molecule has 4 rings (SSSR count). The Morgan fingerprint density at radius 3 is 2.90 bits per heavy atom. The fourth-order valence-electron chi connectivity index (χ4n) is 2.28. The minimum atomic E-state index is 0.295. The van der Waals surface area contributed by atoms with Gasteiger partial charge in [-0.25, -0.2) is 0 Å². The van der Waals surface area contributed by atoms with Crippen molar-refractivity contribution < 1.29 is 4.42 Å². The van der Waals surface area contributed by atoms with Crippen LogP contribution in [0.15, 0.2) is 47.1 Å². The summed E-state index contributed by atoms with van der Waals surface area (Å²) in [6, 6.07) is 11.6. The quantitative estimate of drug-likeness (QED) is 0.599. The molecule has 0 aliphatic rings. The molecule has 6 heteroatoms. The van der Waals surface area contributed by atoms with Gasteiger partial charge in [0.2, 0.25) is 0 Å². The molecule has 0 unspecified atom stereocenters. The van der Waals surface area contributed by atoms with Gasteiger partial charge in [-0.2, -0.15) is 9.61 Å². The van der Waals surface area contributed by atoms with Gasteiger partial charge < -0.3 is 10.2 Å². The van der Waals surface area contributed by atoms with E-state index in [0.717, 1.165) is 22.2 Å². The summed E-state index contributed by atoms with van der Waals surface area (Å²) in [4.78, 5) is 0. The Morgan fingerprint density at radius 2 is 2.00 bits per heavy atom. The smallest absolute Gasteiger partial charge is 0.177 e. The molecule has 0 atom stereocenters. The van der Waals surface area contributed by atoms with Crippen LogP contribution in [0.5, 0.6) is 0 Å². The van der Waals surface area contributed by atoms with Gasteiger partial charge in [-0.3, -0.25) is 0 Å². The van der Waals surface area contributed by atoms with Crippen molar-refractivity contribution in [2.75, 3.05) is 0 Å². The fraction of sp³-hybridized carbons (Fsp3) is 0.0714. The number of aromatic nitrogens is 4. The molecule has 0 saturated heterocycles. The summed E-state index contributed by atoms with van der Waals surface area (Å²) in [5.41, 5.74) is 8.91. The number of rotatable bonds is 2. The van der Waals surface area contributed by atoms with E-state index in [0.29, 0.717) is 18.0 Å². The monoisotopic (exact) mass is 265 g/mol. The van der Waals surface area contributed by atoms with Crippen molar-refractivity contribution in [2.24, 2.45) is 5.73 Å². The van der Waals surface area contributed by atoms with Crippen molar-refractivity contribution in [3.8, 4) is 11.3 Å². The highest BCUT2D eigenvalue weighted by atomic mass is 16.3. The van der Waals surface area contributed by atoms with Gasteiger partial charge in [-0.15, -0.1) is 10.2 Å². The van der Waals surface area contributed by atoms with Gasteiger partial charge >= 0.3 is 0 Å². The number of furan rings is 1. The van der Waals surface area contributed by atoms with Crippen molar-refractivity contribution in [3.63, 3.8) is 0 Å². The Bertz CT molecular complexity index is 908. The second-order valence-electron chi connectivity index (χ2n) is 4.45. The normalized spacial score (nSPS) is 11.4. The van der Waals surface area contributed by atoms with Gasteiger partial charge in [0.15, 0.2) is 11.5 Å². The molecule has 3 heterocycles. The van der Waals surface area contributed by atoms with Gasteiger partial charge in [-0.1, -0.05) is 18.2 Å². The third kappa shape index (κ3) is 1.52. The van der Waals surface area contributed by atoms with E-state index >= 15 is 0 Å². The Kier molecular flexibility index (Phi) is 2.30. The van der Waals surface area contributed by atoms with Gasteiger partial charge in [0.25, 0.3) is 0 Å². The molecule has 98 valence electrons. The molecular weight excluding hydrogens is 254 g/mol. The zero-order chi connectivity index (χ0) is 13.5. The Morgan fingerprint density at radius 1 is 1.10 bits per heavy atom. The molecule has 6 nitrogen and oxygen atoms in total. The molecule has 0 spiro atoms. The molecule has 0 aliphatic heterocycles. The van der Waals surface area contributed by atoms with Crippen molar-refractivity contribution in [1.82, 2.24) is 19.8 Å². The van der Waals surface area contributed by atoms with E-state index in [9.17, 15) is 0 Å².